The number of aromatic nitrogens is 1. The van der Waals surface area contributed by atoms with E-state index in [0.717, 1.165) is 29.2 Å². The van der Waals surface area contributed by atoms with E-state index < -0.39 is 18.5 Å². The van der Waals surface area contributed by atoms with Crippen molar-refractivity contribution in [1.29, 1.82) is 5.26 Å². The van der Waals surface area contributed by atoms with Crippen molar-refractivity contribution in [3.8, 4) is 6.07 Å². The lowest BCUT2D eigenvalue weighted by atomic mass is 10.0. The van der Waals surface area contributed by atoms with Crippen LogP contribution in [0.1, 0.15) is 58.9 Å². The summed E-state index contributed by atoms with van der Waals surface area (Å²) in [7, 11) is 1.01. The highest BCUT2D eigenvalue weighted by Crippen LogP contribution is 2.46. The van der Waals surface area contributed by atoms with Crippen molar-refractivity contribution < 1.29 is 22.6 Å². The third-order valence-corrected chi connectivity index (χ3v) is 8.06. The van der Waals surface area contributed by atoms with Crippen molar-refractivity contribution >= 4 is 39.5 Å². The average Bonchev–Trinajstić information content (AvgIpc) is 3.25. The van der Waals surface area contributed by atoms with Gasteiger partial charge in [-0.15, -0.1) is 0 Å². The number of alkyl halides is 2. The van der Waals surface area contributed by atoms with E-state index in [9.17, 15) is 17.5 Å². The number of hydrogen-bond acceptors (Lipinski definition) is 9. The van der Waals surface area contributed by atoms with Crippen LogP contribution in [0.3, 0.4) is 0 Å². The maximum Gasteiger partial charge on any atom is 0.273 e. The van der Waals surface area contributed by atoms with E-state index >= 15 is 0 Å². The summed E-state index contributed by atoms with van der Waals surface area (Å²) in [6.07, 6.45) is 3.50. The number of likely N-dealkylation sites (tertiary alicyclic amines) is 1. The number of aliphatic hydroxyl groups excluding tert-OH is 1. The van der Waals surface area contributed by atoms with Gasteiger partial charge >= 0.3 is 0 Å². The number of amides is 1. The molecule has 0 radical (unpaired) electrons. The topological polar surface area (TPSA) is 119 Å². The van der Waals surface area contributed by atoms with Crippen LogP contribution in [0.5, 0.6) is 0 Å². The van der Waals surface area contributed by atoms with Crippen LogP contribution in [-0.2, 0) is 6.61 Å². The second-order valence-electron chi connectivity index (χ2n) is 8.88. The van der Waals surface area contributed by atoms with Crippen LogP contribution in [0.25, 0.3) is 0 Å². The molecule has 1 aromatic carbocycles. The number of fused-ring (bicyclic) bond motifs is 3. The highest BCUT2D eigenvalue weighted by Gasteiger charge is 2.48. The second-order valence-corrected chi connectivity index (χ2v) is 10.7. The van der Waals surface area contributed by atoms with Gasteiger partial charge in [-0.25, -0.2) is 18.8 Å². The van der Waals surface area contributed by atoms with Crippen LogP contribution in [0.2, 0.25) is 0 Å². The minimum absolute atomic E-state index is 0.00444. The molecule has 2 aromatic rings. The third kappa shape index (κ3) is 6.14. The van der Waals surface area contributed by atoms with Crippen LogP contribution in [0, 0.1) is 11.3 Å². The molecule has 2 saturated heterocycles. The normalized spacial score (nSPS) is 21.6. The molecule has 0 saturated carbocycles. The number of pyridine rings is 1. The van der Waals surface area contributed by atoms with Gasteiger partial charge in [0, 0.05) is 18.5 Å². The van der Waals surface area contributed by atoms with Gasteiger partial charge in [-0.05, 0) is 53.8 Å². The molecule has 0 bridgehead atoms. The molecule has 37 heavy (non-hydrogen) atoms. The molecule has 8 nitrogen and oxygen atoms in total. The largest absolute Gasteiger partial charge is 0.392 e. The van der Waals surface area contributed by atoms with Gasteiger partial charge in [-0.1, -0.05) is 12.1 Å². The number of carbonyl (C=O) groups excluding carboxylic acids is 1. The van der Waals surface area contributed by atoms with Crippen molar-refractivity contribution in [3.63, 3.8) is 0 Å². The molecule has 2 fully saturated rings. The lowest BCUT2D eigenvalue weighted by Gasteiger charge is -2.34. The Bertz CT molecular complexity index is 1220. The fourth-order valence-corrected chi connectivity index (χ4v) is 6.13. The molecular formula is C24H25F3N6O2S2. The van der Waals surface area contributed by atoms with Gasteiger partial charge in [-0.3, -0.25) is 4.79 Å². The van der Waals surface area contributed by atoms with Crippen molar-refractivity contribution in [2.24, 2.45) is 10.7 Å². The van der Waals surface area contributed by atoms with Gasteiger partial charge < -0.3 is 20.6 Å². The van der Waals surface area contributed by atoms with Gasteiger partial charge in [0.2, 0.25) is 0 Å². The smallest absolute Gasteiger partial charge is 0.273 e. The number of aliphatic hydroxyl groups is 1. The van der Waals surface area contributed by atoms with Gasteiger partial charge in [0.1, 0.15) is 16.9 Å². The lowest BCUT2D eigenvalue weighted by molar-refractivity contribution is 0.0164. The van der Waals surface area contributed by atoms with Crippen LogP contribution >= 0.6 is 22.0 Å². The van der Waals surface area contributed by atoms with Crippen LogP contribution in [-0.4, -0.2) is 56.1 Å². The summed E-state index contributed by atoms with van der Waals surface area (Å²) >= 11 is 0.141. The zero-order chi connectivity index (χ0) is 26.6. The summed E-state index contributed by atoms with van der Waals surface area (Å²) in [6.45, 7) is 0.0284. The monoisotopic (exact) mass is 550 g/mol. The van der Waals surface area contributed by atoms with Crippen molar-refractivity contribution in [2.75, 3.05) is 13.1 Å². The Kier molecular flexibility index (Phi) is 8.51. The maximum atomic E-state index is 13.9. The van der Waals surface area contributed by atoms with Gasteiger partial charge in [0.25, 0.3) is 11.8 Å². The summed E-state index contributed by atoms with van der Waals surface area (Å²) in [4.78, 5) is 24.3. The van der Waals surface area contributed by atoms with Crippen LogP contribution < -0.4 is 5.73 Å². The first kappa shape index (κ1) is 27.1. The minimum atomic E-state index is -2.87. The first-order chi connectivity index (χ1) is 17.8. The highest BCUT2D eigenvalue weighted by atomic mass is 33.1. The first-order valence-corrected chi connectivity index (χ1v) is 13.7. The molecule has 2 unspecified atom stereocenters. The maximum absolute atomic E-state index is 13.9. The number of piperidine rings is 1. The number of nitriles is 1. The molecule has 13 heteroatoms. The number of benzene rings is 1. The Balaban J connectivity index is 0.000000270. The third-order valence-electron chi connectivity index (χ3n) is 6.39. The quantitative estimate of drug-likeness (QED) is 0.527. The summed E-state index contributed by atoms with van der Waals surface area (Å²) < 4.78 is 40.6. The Morgan fingerprint density at radius 2 is 2.14 bits per heavy atom. The summed E-state index contributed by atoms with van der Waals surface area (Å²) in [5.74, 6) is -3.15. The first-order valence-electron chi connectivity index (χ1n) is 11.6. The Hall–Kier alpha value is -2.95. The fourth-order valence-electron chi connectivity index (χ4n) is 4.63. The molecule has 3 N–H and O–H groups in total. The average molecular weight is 551 g/mol. The van der Waals surface area contributed by atoms with E-state index in [1.165, 1.54) is 17.2 Å². The highest BCUT2D eigenvalue weighted by molar-refractivity contribution is 8.75. The predicted octanol–water partition coefficient (Wildman–Crippen LogP) is 4.69. The molecule has 5 rings (SSSR count). The summed E-state index contributed by atoms with van der Waals surface area (Å²) in [5, 5.41) is 16.8. The standard InChI is InChI=1S/C16H18F3N5OS2.C8H7NO/c17-16(18)6-12-9-5-10(21-7-11(9)22-15(20)24(12)8-16)14(25)23-4-2-1-3-13(23)26-27-19;9-5-7-2-1-3-8(4-7)6-10/h5,7,12-13H,1-4,6,8H2,(H2,20,22);1-4,10H,6H2. The number of aliphatic imine (C=N–C) groups is 1. The van der Waals surface area contributed by atoms with E-state index in [1.54, 1.807) is 29.2 Å². The lowest BCUT2D eigenvalue weighted by Crippen LogP contribution is -2.42. The second kappa shape index (κ2) is 11.6. The number of halogens is 3. The number of hydrogen-bond donors (Lipinski definition) is 2. The van der Waals surface area contributed by atoms with E-state index in [2.05, 4.69) is 9.98 Å². The van der Waals surface area contributed by atoms with E-state index in [-0.39, 0.29) is 47.1 Å². The molecule has 3 aliphatic heterocycles. The molecule has 0 aliphatic carbocycles. The zero-order valence-electron chi connectivity index (χ0n) is 19.7. The molecular weight excluding hydrogens is 525 g/mol. The van der Waals surface area contributed by atoms with E-state index in [0.29, 0.717) is 29.8 Å². The van der Waals surface area contributed by atoms with Gasteiger partial charge in [0.05, 0.1) is 48.1 Å². The molecule has 1 aromatic heterocycles. The number of rotatable bonds is 4. The molecule has 4 heterocycles. The van der Waals surface area contributed by atoms with Crippen LogP contribution in [0.15, 0.2) is 41.5 Å². The van der Waals surface area contributed by atoms with Crippen LogP contribution in [0.4, 0.5) is 18.4 Å². The van der Waals surface area contributed by atoms with Crippen molar-refractivity contribution in [1.82, 2.24) is 14.8 Å². The Morgan fingerprint density at radius 1 is 1.32 bits per heavy atom. The Morgan fingerprint density at radius 3 is 2.86 bits per heavy atom. The van der Waals surface area contributed by atoms with E-state index in [4.69, 9.17) is 16.1 Å². The fraction of sp³-hybridized carbons (Fsp3) is 0.417. The number of carbonyl (C=O) groups is 1. The zero-order valence-corrected chi connectivity index (χ0v) is 21.3. The molecule has 0 spiro atoms. The Labute approximate surface area is 220 Å². The summed E-state index contributed by atoms with van der Waals surface area (Å²) in [5.41, 5.74) is 8.29. The van der Waals surface area contributed by atoms with Gasteiger partial charge in [0.15, 0.2) is 5.96 Å². The van der Waals surface area contributed by atoms with Crippen molar-refractivity contribution in [2.45, 2.75) is 49.6 Å². The molecule has 1 amide bonds. The summed E-state index contributed by atoms with van der Waals surface area (Å²) in [6, 6.07) is 9.80. The number of nitrogens with two attached hydrogens (primary N) is 1. The SMILES string of the molecule is N#Cc1cccc(CO)c1.NC1=Nc2cnc(C(=O)N3CCCCC3SSF)cc2C2CC(F)(F)CN12. The van der Waals surface area contributed by atoms with Gasteiger partial charge in [-0.2, -0.15) is 9.15 Å². The van der Waals surface area contributed by atoms with E-state index in [1.807, 2.05) is 6.07 Å². The molecule has 196 valence electrons. The molecule has 2 atom stereocenters. The number of guanidine groups is 1. The van der Waals surface area contributed by atoms with Crippen molar-refractivity contribution in [3.05, 3.63) is 58.9 Å². The predicted molar refractivity (Wildman–Crippen MR) is 137 cm³/mol. The molecule has 3 aliphatic rings. The number of nitrogens with zero attached hydrogens (tertiary/aromatic N) is 5. The minimum Gasteiger partial charge on any atom is -0.392 e.